The van der Waals surface area contributed by atoms with Gasteiger partial charge in [0.05, 0.1) is 0 Å². The molecule has 1 N–H and O–H groups in total. The van der Waals surface area contributed by atoms with Crippen LogP contribution < -0.4 is 5.32 Å². The zero-order valence-corrected chi connectivity index (χ0v) is 12.5. The lowest BCUT2D eigenvalue weighted by molar-refractivity contribution is -0.132. The average Bonchev–Trinajstić information content (AvgIpc) is 3.33. The highest BCUT2D eigenvalue weighted by molar-refractivity contribution is 5.76. The van der Waals surface area contributed by atoms with E-state index in [9.17, 15) is 4.79 Å². The van der Waals surface area contributed by atoms with Crippen LogP contribution in [0.2, 0.25) is 0 Å². The summed E-state index contributed by atoms with van der Waals surface area (Å²) in [5.74, 6) is 0.296. The molecule has 1 aliphatic carbocycles. The van der Waals surface area contributed by atoms with Crippen molar-refractivity contribution < 1.29 is 4.79 Å². The van der Waals surface area contributed by atoms with E-state index in [0.29, 0.717) is 18.4 Å². The largest absolute Gasteiger partial charge is 0.340 e. The molecule has 0 atom stereocenters. The molecule has 1 amide bonds. The van der Waals surface area contributed by atoms with Crippen LogP contribution in [0, 0.1) is 0 Å². The molecule has 2 aliphatic rings. The van der Waals surface area contributed by atoms with Gasteiger partial charge in [-0.2, -0.15) is 0 Å². The second kappa shape index (κ2) is 7.00. The van der Waals surface area contributed by atoms with Crippen molar-refractivity contribution in [2.45, 2.75) is 31.8 Å². The number of hydrogen-bond acceptors (Lipinski definition) is 4. The monoisotopic (exact) mass is 288 g/mol. The van der Waals surface area contributed by atoms with Crippen LogP contribution in [0.25, 0.3) is 0 Å². The van der Waals surface area contributed by atoms with Gasteiger partial charge >= 0.3 is 0 Å². The Bertz CT molecular complexity index is 453. The first-order valence-corrected chi connectivity index (χ1v) is 7.94. The van der Waals surface area contributed by atoms with Crippen molar-refractivity contribution in [3.8, 4) is 0 Å². The van der Waals surface area contributed by atoms with Crippen molar-refractivity contribution in [2.24, 2.45) is 0 Å². The number of piperazine rings is 1. The molecule has 5 heteroatoms. The van der Waals surface area contributed by atoms with E-state index in [1.54, 1.807) is 6.20 Å². The van der Waals surface area contributed by atoms with Crippen LogP contribution in [0.1, 0.15) is 24.8 Å². The topological polar surface area (TPSA) is 48.5 Å². The van der Waals surface area contributed by atoms with Crippen molar-refractivity contribution in [3.05, 3.63) is 30.1 Å². The summed E-state index contributed by atoms with van der Waals surface area (Å²) in [4.78, 5) is 20.7. The third-order valence-corrected chi connectivity index (χ3v) is 4.20. The predicted molar refractivity (Wildman–Crippen MR) is 81.7 cm³/mol. The van der Waals surface area contributed by atoms with Gasteiger partial charge in [0.15, 0.2) is 0 Å². The van der Waals surface area contributed by atoms with Crippen molar-refractivity contribution in [3.63, 3.8) is 0 Å². The second-order valence-electron chi connectivity index (χ2n) is 6.00. The Balaban J connectivity index is 1.36. The lowest BCUT2D eigenvalue weighted by Crippen LogP contribution is -2.48. The first-order chi connectivity index (χ1) is 10.3. The van der Waals surface area contributed by atoms with Crippen molar-refractivity contribution in [2.75, 3.05) is 32.7 Å². The van der Waals surface area contributed by atoms with Crippen molar-refractivity contribution in [1.29, 1.82) is 0 Å². The Morgan fingerprint density at radius 1 is 1.29 bits per heavy atom. The van der Waals surface area contributed by atoms with Gasteiger partial charge in [-0.05, 0) is 24.5 Å². The molecule has 0 radical (unpaired) electrons. The van der Waals surface area contributed by atoms with Gasteiger partial charge in [-0.3, -0.25) is 14.7 Å². The number of aromatic nitrogens is 1. The minimum absolute atomic E-state index is 0.296. The highest BCUT2D eigenvalue weighted by Crippen LogP contribution is 2.18. The molecule has 3 rings (SSSR count). The molecule has 2 fully saturated rings. The van der Waals surface area contributed by atoms with Gasteiger partial charge in [0.1, 0.15) is 0 Å². The van der Waals surface area contributed by atoms with Crippen molar-refractivity contribution in [1.82, 2.24) is 20.1 Å². The Morgan fingerprint density at radius 2 is 2.10 bits per heavy atom. The zero-order chi connectivity index (χ0) is 14.5. The Hall–Kier alpha value is -1.46. The molecular weight excluding hydrogens is 264 g/mol. The van der Waals surface area contributed by atoms with E-state index in [-0.39, 0.29) is 0 Å². The summed E-state index contributed by atoms with van der Waals surface area (Å²) in [7, 11) is 0. The van der Waals surface area contributed by atoms with E-state index >= 15 is 0 Å². The highest BCUT2D eigenvalue weighted by Gasteiger charge is 2.23. The molecule has 1 saturated carbocycles. The predicted octanol–water partition coefficient (Wildman–Crippen LogP) is 0.868. The van der Waals surface area contributed by atoms with Crippen LogP contribution in [0.3, 0.4) is 0 Å². The summed E-state index contributed by atoms with van der Waals surface area (Å²) in [5.41, 5.74) is 1.24. The first-order valence-electron chi connectivity index (χ1n) is 7.94. The third kappa shape index (κ3) is 4.51. The van der Waals surface area contributed by atoms with Crippen LogP contribution in [-0.4, -0.2) is 59.5 Å². The van der Waals surface area contributed by atoms with Crippen molar-refractivity contribution >= 4 is 5.91 Å². The van der Waals surface area contributed by atoms with Gasteiger partial charge in [0, 0.05) is 64.1 Å². The van der Waals surface area contributed by atoms with Gasteiger partial charge in [-0.25, -0.2) is 0 Å². The van der Waals surface area contributed by atoms with Gasteiger partial charge in [-0.15, -0.1) is 0 Å². The van der Waals surface area contributed by atoms with Crippen LogP contribution >= 0.6 is 0 Å². The molecule has 0 aromatic carbocycles. The Morgan fingerprint density at radius 3 is 2.76 bits per heavy atom. The summed E-state index contributed by atoms with van der Waals surface area (Å²) in [6.45, 7) is 5.37. The summed E-state index contributed by atoms with van der Waals surface area (Å²) >= 11 is 0. The van der Waals surface area contributed by atoms with Gasteiger partial charge in [0.25, 0.3) is 0 Å². The van der Waals surface area contributed by atoms with Gasteiger partial charge in [-0.1, -0.05) is 6.07 Å². The summed E-state index contributed by atoms with van der Waals surface area (Å²) in [5, 5.41) is 3.40. The molecule has 1 aromatic rings. The first kappa shape index (κ1) is 14.5. The molecule has 0 spiro atoms. The number of nitrogens with zero attached hydrogens (tertiary/aromatic N) is 3. The fourth-order valence-electron chi connectivity index (χ4n) is 2.73. The molecule has 114 valence electrons. The van der Waals surface area contributed by atoms with Gasteiger partial charge < -0.3 is 10.2 Å². The Kier molecular flexibility index (Phi) is 4.83. The summed E-state index contributed by atoms with van der Waals surface area (Å²) in [6.07, 6.45) is 6.92. The number of amides is 1. The minimum Gasteiger partial charge on any atom is -0.340 e. The quantitative estimate of drug-likeness (QED) is 0.844. The standard InChI is InChI=1S/C16H24N4O/c21-16(5-7-18-15-3-4-15)20-10-8-19(9-11-20)13-14-2-1-6-17-12-14/h1-2,6,12,15,18H,3-5,7-11,13H2. The lowest BCUT2D eigenvalue weighted by Gasteiger charge is -2.34. The number of pyridine rings is 1. The average molecular weight is 288 g/mol. The molecule has 0 bridgehead atoms. The van der Waals surface area contributed by atoms with Crippen LogP contribution in [-0.2, 0) is 11.3 Å². The fraction of sp³-hybridized carbons (Fsp3) is 0.625. The van der Waals surface area contributed by atoms with E-state index in [2.05, 4.69) is 21.3 Å². The third-order valence-electron chi connectivity index (χ3n) is 4.20. The lowest BCUT2D eigenvalue weighted by atomic mass is 10.2. The Labute approximate surface area is 126 Å². The molecule has 5 nitrogen and oxygen atoms in total. The van der Waals surface area contributed by atoms with E-state index in [1.165, 1.54) is 18.4 Å². The molecule has 0 unspecified atom stereocenters. The van der Waals surface area contributed by atoms with Crippen LogP contribution in [0.15, 0.2) is 24.5 Å². The maximum Gasteiger partial charge on any atom is 0.223 e. The van der Waals surface area contributed by atoms with E-state index in [1.807, 2.05) is 17.2 Å². The smallest absolute Gasteiger partial charge is 0.223 e. The summed E-state index contributed by atoms with van der Waals surface area (Å²) < 4.78 is 0. The van der Waals surface area contributed by atoms with E-state index < -0.39 is 0 Å². The second-order valence-corrected chi connectivity index (χ2v) is 6.00. The summed E-state index contributed by atoms with van der Waals surface area (Å²) in [6, 6.07) is 4.77. The number of carbonyl (C=O) groups excluding carboxylic acids is 1. The minimum atomic E-state index is 0.296. The maximum atomic E-state index is 12.1. The molecule has 21 heavy (non-hydrogen) atoms. The zero-order valence-electron chi connectivity index (χ0n) is 12.5. The molecular formula is C16H24N4O. The number of rotatable bonds is 6. The normalized spacial score (nSPS) is 19.7. The molecule has 2 heterocycles. The molecule has 1 saturated heterocycles. The van der Waals surface area contributed by atoms with Crippen LogP contribution in [0.5, 0.6) is 0 Å². The van der Waals surface area contributed by atoms with Crippen LogP contribution in [0.4, 0.5) is 0 Å². The molecule has 1 aliphatic heterocycles. The van der Waals surface area contributed by atoms with E-state index in [4.69, 9.17) is 0 Å². The number of hydrogen-bond donors (Lipinski definition) is 1. The SMILES string of the molecule is O=C(CCNC1CC1)N1CCN(Cc2cccnc2)CC1. The highest BCUT2D eigenvalue weighted by atomic mass is 16.2. The number of carbonyl (C=O) groups is 1. The molecule has 1 aromatic heterocycles. The van der Waals surface area contributed by atoms with Gasteiger partial charge in [0.2, 0.25) is 5.91 Å². The number of nitrogens with one attached hydrogen (secondary N) is 1. The van der Waals surface area contributed by atoms with E-state index in [0.717, 1.165) is 39.3 Å². The maximum absolute atomic E-state index is 12.1. The fourth-order valence-corrected chi connectivity index (χ4v) is 2.73.